The van der Waals surface area contributed by atoms with E-state index in [1.807, 2.05) is 13.8 Å². The van der Waals surface area contributed by atoms with E-state index >= 15 is 0 Å². The highest BCUT2D eigenvalue weighted by atomic mass is 35.5. The van der Waals surface area contributed by atoms with E-state index < -0.39 is 16.6 Å². The van der Waals surface area contributed by atoms with Crippen LogP contribution in [-0.2, 0) is 0 Å². The van der Waals surface area contributed by atoms with Crippen LogP contribution in [0.3, 0.4) is 0 Å². The molecule has 0 bridgehead atoms. The zero-order valence-corrected chi connectivity index (χ0v) is 9.54. The van der Waals surface area contributed by atoms with Gasteiger partial charge in [-0.15, -0.1) is 5.10 Å². The fraction of sp³-hybridized carbons (Fsp3) is 0.500. The molecule has 1 amide bonds. The Hall–Kier alpha value is -1.63. The fourth-order valence-electron chi connectivity index (χ4n) is 0.985. The van der Waals surface area contributed by atoms with Gasteiger partial charge in [0, 0.05) is 6.04 Å². The molecule has 16 heavy (non-hydrogen) atoms. The molecule has 2 N–H and O–H groups in total. The van der Waals surface area contributed by atoms with Crippen LogP contribution in [0.15, 0.2) is 0 Å². The first-order valence-corrected chi connectivity index (χ1v) is 5.04. The predicted octanol–water partition coefficient (Wildman–Crippen LogP) is 1.50. The number of H-pyrrole nitrogens is 1. The van der Waals surface area contributed by atoms with Crippen LogP contribution in [-0.4, -0.2) is 27.1 Å². The summed E-state index contributed by atoms with van der Waals surface area (Å²) in [7, 11) is 0. The van der Waals surface area contributed by atoms with Gasteiger partial charge in [-0.25, -0.2) is 0 Å². The molecule has 88 valence electrons. The third-order valence-corrected chi connectivity index (χ3v) is 2.43. The number of aromatic nitrogens is 2. The first-order valence-electron chi connectivity index (χ1n) is 4.66. The van der Waals surface area contributed by atoms with Gasteiger partial charge in [0.25, 0.3) is 5.91 Å². The van der Waals surface area contributed by atoms with Crippen molar-refractivity contribution in [3.8, 4) is 0 Å². The molecule has 0 saturated heterocycles. The summed E-state index contributed by atoms with van der Waals surface area (Å²) in [6.07, 6.45) is 0.746. The molecule has 0 saturated carbocycles. The Kier molecular flexibility index (Phi) is 3.83. The summed E-state index contributed by atoms with van der Waals surface area (Å²) in [6, 6.07) is -0.0423. The van der Waals surface area contributed by atoms with E-state index in [-0.39, 0.29) is 16.8 Å². The molecule has 8 heteroatoms. The van der Waals surface area contributed by atoms with Crippen LogP contribution in [0, 0.1) is 10.1 Å². The molecule has 0 aliphatic rings. The lowest BCUT2D eigenvalue weighted by Crippen LogP contribution is -2.32. The average molecular weight is 247 g/mol. The molecule has 1 aromatic heterocycles. The lowest BCUT2D eigenvalue weighted by atomic mass is 10.2. The average Bonchev–Trinajstić information content (AvgIpc) is 2.59. The van der Waals surface area contributed by atoms with Gasteiger partial charge in [-0.05, 0) is 18.3 Å². The minimum absolute atomic E-state index is 0.0423. The number of hydrogen-bond acceptors (Lipinski definition) is 4. The van der Waals surface area contributed by atoms with Crippen LogP contribution in [0.2, 0.25) is 5.02 Å². The number of aromatic amines is 1. The molecule has 1 atom stereocenters. The second-order valence-corrected chi connectivity index (χ2v) is 3.65. The summed E-state index contributed by atoms with van der Waals surface area (Å²) in [5.74, 6) is -1.00. The van der Waals surface area contributed by atoms with Crippen LogP contribution in [0.25, 0.3) is 0 Å². The molecule has 0 aliphatic heterocycles. The maximum absolute atomic E-state index is 11.6. The minimum atomic E-state index is -0.727. The van der Waals surface area contributed by atoms with E-state index in [9.17, 15) is 14.9 Å². The van der Waals surface area contributed by atoms with Crippen molar-refractivity contribution in [2.24, 2.45) is 0 Å². The second-order valence-electron chi connectivity index (χ2n) is 3.27. The Morgan fingerprint density at radius 2 is 2.38 bits per heavy atom. The van der Waals surface area contributed by atoms with Crippen LogP contribution in [0.5, 0.6) is 0 Å². The quantitative estimate of drug-likeness (QED) is 0.621. The summed E-state index contributed by atoms with van der Waals surface area (Å²) in [4.78, 5) is 21.3. The Labute approximate surface area is 96.3 Å². The van der Waals surface area contributed by atoms with E-state index in [0.717, 1.165) is 6.42 Å². The van der Waals surface area contributed by atoms with Gasteiger partial charge in [0.1, 0.15) is 0 Å². The van der Waals surface area contributed by atoms with Crippen molar-refractivity contribution in [3.63, 3.8) is 0 Å². The molecule has 7 nitrogen and oxygen atoms in total. The molecule has 1 heterocycles. The van der Waals surface area contributed by atoms with Crippen LogP contribution < -0.4 is 5.32 Å². The molecular formula is C8H11ClN4O3. The Morgan fingerprint density at radius 1 is 1.75 bits per heavy atom. The Bertz CT molecular complexity index is 417. The lowest BCUT2D eigenvalue weighted by Gasteiger charge is -2.08. The highest BCUT2D eigenvalue weighted by Crippen LogP contribution is 2.24. The van der Waals surface area contributed by atoms with Crippen molar-refractivity contribution in [2.75, 3.05) is 0 Å². The molecule has 0 spiro atoms. The first kappa shape index (κ1) is 12.4. The molecule has 1 unspecified atom stereocenters. The Morgan fingerprint density at radius 3 is 2.81 bits per heavy atom. The third kappa shape index (κ3) is 2.48. The summed E-state index contributed by atoms with van der Waals surface area (Å²) < 4.78 is 0. The fourth-order valence-corrected chi connectivity index (χ4v) is 1.22. The summed E-state index contributed by atoms with van der Waals surface area (Å²) in [6.45, 7) is 3.71. The van der Waals surface area contributed by atoms with E-state index in [4.69, 9.17) is 11.6 Å². The maximum Gasteiger partial charge on any atom is 0.362 e. The molecule has 0 radical (unpaired) electrons. The van der Waals surface area contributed by atoms with Gasteiger partial charge in [-0.1, -0.05) is 23.6 Å². The van der Waals surface area contributed by atoms with Crippen molar-refractivity contribution in [3.05, 3.63) is 20.8 Å². The molecule has 1 rings (SSSR count). The van der Waals surface area contributed by atoms with E-state index in [1.165, 1.54) is 0 Å². The first-order chi connectivity index (χ1) is 7.47. The standard InChI is InChI=1S/C8H11ClN4O3/c1-3-4(2)10-8(14)6-5(9)7(12-11-6)13(15)16/h4H,3H2,1-2H3,(H,10,14)(H,11,12). The van der Waals surface area contributed by atoms with E-state index in [0.29, 0.717) is 0 Å². The number of halogens is 1. The molecule has 1 aromatic rings. The number of nitrogens with zero attached hydrogens (tertiary/aromatic N) is 2. The van der Waals surface area contributed by atoms with Crippen LogP contribution in [0.1, 0.15) is 30.8 Å². The number of carbonyl (C=O) groups is 1. The predicted molar refractivity (Wildman–Crippen MR) is 57.5 cm³/mol. The maximum atomic E-state index is 11.6. The van der Waals surface area contributed by atoms with Crippen molar-refractivity contribution < 1.29 is 9.72 Å². The topological polar surface area (TPSA) is 101 Å². The second kappa shape index (κ2) is 4.93. The van der Waals surface area contributed by atoms with Gasteiger partial charge < -0.3 is 15.4 Å². The number of amides is 1. The highest BCUT2D eigenvalue weighted by molar-refractivity contribution is 6.35. The smallest absolute Gasteiger partial charge is 0.358 e. The zero-order valence-electron chi connectivity index (χ0n) is 8.78. The summed E-state index contributed by atoms with van der Waals surface area (Å²) in [5, 5.41) is 18.4. The van der Waals surface area contributed by atoms with Crippen molar-refractivity contribution in [2.45, 2.75) is 26.3 Å². The van der Waals surface area contributed by atoms with E-state index in [2.05, 4.69) is 15.5 Å². The van der Waals surface area contributed by atoms with Crippen LogP contribution in [0.4, 0.5) is 5.82 Å². The lowest BCUT2D eigenvalue weighted by molar-refractivity contribution is -0.389. The highest BCUT2D eigenvalue weighted by Gasteiger charge is 2.25. The third-order valence-electron chi connectivity index (χ3n) is 2.08. The van der Waals surface area contributed by atoms with Crippen molar-refractivity contribution >= 4 is 23.3 Å². The van der Waals surface area contributed by atoms with Gasteiger partial charge in [-0.2, -0.15) is 0 Å². The van der Waals surface area contributed by atoms with Gasteiger partial charge in [0.2, 0.25) is 0 Å². The molecular weight excluding hydrogens is 236 g/mol. The zero-order chi connectivity index (χ0) is 12.3. The van der Waals surface area contributed by atoms with Gasteiger partial charge >= 0.3 is 5.82 Å². The molecule has 0 aliphatic carbocycles. The normalized spacial score (nSPS) is 12.2. The van der Waals surface area contributed by atoms with Gasteiger partial charge in [0.15, 0.2) is 10.7 Å². The number of nitro groups is 1. The monoisotopic (exact) mass is 246 g/mol. The van der Waals surface area contributed by atoms with Crippen LogP contribution >= 0.6 is 11.6 Å². The Balaban J connectivity index is 2.89. The largest absolute Gasteiger partial charge is 0.362 e. The summed E-state index contributed by atoms with van der Waals surface area (Å²) in [5.41, 5.74) is -0.159. The number of carbonyl (C=O) groups excluding carboxylic acids is 1. The van der Waals surface area contributed by atoms with Crippen molar-refractivity contribution in [1.29, 1.82) is 0 Å². The number of nitrogens with one attached hydrogen (secondary N) is 2. The SMILES string of the molecule is CCC(C)NC(=O)c1n[nH]c([N+](=O)[O-])c1Cl. The molecule has 0 fully saturated rings. The molecule has 0 aromatic carbocycles. The number of hydrogen-bond donors (Lipinski definition) is 2. The number of rotatable bonds is 4. The van der Waals surface area contributed by atoms with E-state index in [1.54, 1.807) is 0 Å². The van der Waals surface area contributed by atoms with Crippen molar-refractivity contribution in [1.82, 2.24) is 15.5 Å². The van der Waals surface area contributed by atoms with Gasteiger partial charge in [0.05, 0.1) is 0 Å². The summed E-state index contributed by atoms with van der Waals surface area (Å²) >= 11 is 5.64. The van der Waals surface area contributed by atoms with Gasteiger partial charge in [-0.3, -0.25) is 4.79 Å². The minimum Gasteiger partial charge on any atom is -0.358 e.